The minimum Gasteiger partial charge on any atom is -0.326 e. The molecule has 0 saturated heterocycles. The molecule has 1 aliphatic rings. The van der Waals surface area contributed by atoms with Crippen LogP contribution >= 0.6 is 11.3 Å². The number of nitrogens with zero attached hydrogens (tertiary/aromatic N) is 1. The fourth-order valence-electron chi connectivity index (χ4n) is 2.91. The highest BCUT2D eigenvalue weighted by atomic mass is 32.1. The van der Waals surface area contributed by atoms with Gasteiger partial charge in [-0.2, -0.15) is 0 Å². The summed E-state index contributed by atoms with van der Waals surface area (Å²) in [5.74, 6) is 0.108. The Kier molecular flexibility index (Phi) is 4.76. The lowest BCUT2D eigenvalue weighted by Crippen LogP contribution is -2.25. The molecule has 1 N–H and O–H groups in total. The van der Waals surface area contributed by atoms with E-state index in [2.05, 4.69) is 16.8 Å². The molecule has 0 bridgehead atoms. The van der Waals surface area contributed by atoms with Gasteiger partial charge in [-0.25, -0.2) is 0 Å². The smallest absolute Gasteiger partial charge is 0.224 e. The third kappa shape index (κ3) is 3.79. The molecule has 0 saturated carbocycles. The summed E-state index contributed by atoms with van der Waals surface area (Å²) in [6.07, 6.45) is 3.17. The average Bonchev–Trinajstić information content (AvgIpc) is 3.15. The quantitative estimate of drug-likeness (QED) is 0.911. The van der Waals surface area contributed by atoms with Gasteiger partial charge in [0, 0.05) is 36.1 Å². The second-order valence-electron chi connectivity index (χ2n) is 5.75. The summed E-state index contributed by atoms with van der Waals surface area (Å²) < 4.78 is 0. The van der Waals surface area contributed by atoms with E-state index in [9.17, 15) is 9.59 Å². The number of carbonyl (C=O) groups is 2. The fraction of sp³-hybridized carbons (Fsp3) is 0.333. The zero-order valence-corrected chi connectivity index (χ0v) is 14.0. The predicted molar refractivity (Wildman–Crippen MR) is 94.1 cm³/mol. The van der Waals surface area contributed by atoms with Crippen molar-refractivity contribution in [3.63, 3.8) is 0 Å². The number of benzene rings is 1. The molecule has 5 heteroatoms. The van der Waals surface area contributed by atoms with Gasteiger partial charge in [0.2, 0.25) is 11.8 Å². The van der Waals surface area contributed by atoms with Crippen LogP contribution in [0.5, 0.6) is 0 Å². The van der Waals surface area contributed by atoms with Crippen molar-refractivity contribution in [2.45, 2.75) is 32.6 Å². The van der Waals surface area contributed by atoms with Gasteiger partial charge >= 0.3 is 0 Å². The highest BCUT2D eigenvalue weighted by Crippen LogP contribution is 2.30. The van der Waals surface area contributed by atoms with Crippen LogP contribution in [0.3, 0.4) is 0 Å². The van der Waals surface area contributed by atoms with Crippen molar-refractivity contribution in [3.8, 4) is 0 Å². The van der Waals surface area contributed by atoms with Crippen molar-refractivity contribution in [1.82, 2.24) is 0 Å². The van der Waals surface area contributed by atoms with E-state index in [0.29, 0.717) is 6.42 Å². The van der Waals surface area contributed by atoms with E-state index in [-0.39, 0.29) is 11.8 Å². The summed E-state index contributed by atoms with van der Waals surface area (Å²) in [7, 11) is 0. The van der Waals surface area contributed by atoms with E-state index in [1.165, 1.54) is 4.88 Å². The normalized spacial score (nSPS) is 13.0. The van der Waals surface area contributed by atoms with E-state index in [4.69, 9.17) is 0 Å². The van der Waals surface area contributed by atoms with Gasteiger partial charge in [-0.05, 0) is 54.5 Å². The molecule has 2 heterocycles. The molecule has 1 aliphatic heterocycles. The molecule has 0 fully saturated rings. The number of thiophene rings is 1. The molecule has 2 amide bonds. The lowest BCUT2D eigenvalue weighted by Gasteiger charge is -2.15. The Balaban J connectivity index is 1.54. The Morgan fingerprint density at radius 3 is 2.91 bits per heavy atom. The van der Waals surface area contributed by atoms with Crippen molar-refractivity contribution in [2.75, 3.05) is 16.8 Å². The highest BCUT2D eigenvalue weighted by Gasteiger charge is 2.22. The number of hydrogen-bond acceptors (Lipinski definition) is 3. The first kappa shape index (κ1) is 15.7. The Morgan fingerprint density at radius 2 is 2.17 bits per heavy atom. The van der Waals surface area contributed by atoms with Gasteiger partial charge in [0.15, 0.2) is 0 Å². The number of rotatable bonds is 5. The Hall–Kier alpha value is -2.14. The van der Waals surface area contributed by atoms with Gasteiger partial charge in [0.25, 0.3) is 0 Å². The highest BCUT2D eigenvalue weighted by molar-refractivity contribution is 7.09. The maximum Gasteiger partial charge on any atom is 0.224 e. The standard InChI is InChI=1S/C18H20N2O2S/c1-13(21)20-10-9-14-12-15(7-8-17(14)20)19-18(22)6-2-4-16-5-3-11-23-16/h3,5,7-8,11-12H,2,4,6,9-10H2,1H3,(H,19,22). The van der Waals surface area contributed by atoms with E-state index >= 15 is 0 Å². The van der Waals surface area contributed by atoms with Gasteiger partial charge in [-0.15, -0.1) is 11.3 Å². The maximum atomic E-state index is 12.0. The van der Waals surface area contributed by atoms with Crippen LogP contribution in [0.4, 0.5) is 11.4 Å². The molecular formula is C18H20N2O2S. The van der Waals surface area contributed by atoms with Crippen LogP contribution in [0.1, 0.15) is 30.2 Å². The molecule has 0 spiro atoms. The van der Waals surface area contributed by atoms with Crippen LogP contribution in [0, 0.1) is 0 Å². The SMILES string of the molecule is CC(=O)N1CCc2cc(NC(=O)CCCc3cccs3)ccc21. The molecule has 2 aromatic rings. The monoisotopic (exact) mass is 328 g/mol. The molecule has 23 heavy (non-hydrogen) atoms. The largest absolute Gasteiger partial charge is 0.326 e. The van der Waals surface area contributed by atoms with E-state index in [1.54, 1.807) is 23.2 Å². The predicted octanol–water partition coefficient (Wildman–Crippen LogP) is 3.62. The lowest BCUT2D eigenvalue weighted by atomic mass is 10.1. The zero-order chi connectivity index (χ0) is 16.2. The van der Waals surface area contributed by atoms with Gasteiger partial charge in [0.1, 0.15) is 0 Å². The lowest BCUT2D eigenvalue weighted by molar-refractivity contribution is -0.117. The van der Waals surface area contributed by atoms with Crippen molar-refractivity contribution in [3.05, 3.63) is 46.2 Å². The van der Waals surface area contributed by atoms with Gasteiger partial charge in [-0.1, -0.05) is 6.07 Å². The van der Waals surface area contributed by atoms with E-state index in [0.717, 1.165) is 42.7 Å². The summed E-state index contributed by atoms with van der Waals surface area (Å²) in [5.41, 5.74) is 2.90. The fourth-order valence-corrected chi connectivity index (χ4v) is 3.66. The van der Waals surface area contributed by atoms with Crippen molar-refractivity contribution < 1.29 is 9.59 Å². The number of anilines is 2. The van der Waals surface area contributed by atoms with Gasteiger partial charge in [0.05, 0.1) is 0 Å². The Labute approximate surface area is 140 Å². The molecule has 0 unspecified atom stereocenters. The summed E-state index contributed by atoms with van der Waals surface area (Å²) >= 11 is 1.73. The van der Waals surface area contributed by atoms with Crippen molar-refractivity contribution in [2.24, 2.45) is 0 Å². The van der Waals surface area contributed by atoms with E-state index in [1.807, 2.05) is 24.3 Å². The number of hydrogen-bond donors (Lipinski definition) is 1. The van der Waals surface area contributed by atoms with Gasteiger partial charge in [-0.3, -0.25) is 9.59 Å². The molecule has 0 atom stereocenters. The minimum atomic E-state index is 0.0444. The zero-order valence-electron chi connectivity index (χ0n) is 13.2. The van der Waals surface area contributed by atoms with Crippen molar-refractivity contribution in [1.29, 1.82) is 0 Å². The van der Waals surface area contributed by atoms with Crippen molar-refractivity contribution >= 4 is 34.5 Å². The van der Waals surface area contributed by atoms with Crippen LogP contribution in [-0.2, 0) is 22.4 Å². The third-order valence-corrected chi connectivity index (χ3v) is 4.98. The Morgan fingerprint density at radius 1 is 1.30 bits per heavy atom. The number of amides is 2. The first-order valence-corrected chi connectivity index (χ1v) is 8.75. The second kappa shape index (κ2) is 6.96. The topological polar surface area (TPSA) is 49.4 Å². The van der Waals surface area contributed by atoms with Gasteiger partial charge < -0.3 is 10.2 Å². The van der Waals surface area contributed by atoms with Crippen LogP contribution in [0.15, 0.2) is 35.7 Å². The molecule has 1 aromatic carbocycles. The van der Waals surface area contributed by atoms with Crippen LogP contribution in [0.2, 0.25) is 0 Å². The average molecular weight is 328 g/mol. The summed E-state index contributed by atoms with van der Waals surface area (Å²) in [4.78, 5) is 26.7. The molecule has 0 aliphatic carbocycles. The summed E-state index contributed by atoms with van der Waals surface area (Å²) in [6.45, 7) is 2.31. The minimum absolute atomic E-state index is 0.0444. The molecule has 3 rings (SSSR count). The summed E-state index contributed by atoms with van der Waals surface area (Å²) in [6, 6.07) is 9.91. The number of fused-ring (bicyclic) bond motifs is 1. The maximum absolute atomic E-state index is 12.0. The number of aryl methyl sites for hydroxylation is 1. The van der Waals surface area contributed by atoms with Crippen LogP contribution < -0.4 is 10.2 Å². The van der Waals surface area contributed by atoms with Crippen LogP contribution in [0.25, 0.3) is 0 Å². The molecule has 4 nitrogen and oxygen atoms in total. The molecular weight excluding hydrogens is 308 g/mol. The summed E-state index contributed by atoms with van der Waals surface area (Å²) in [5, 5.41) is 5.02. The first-order valence-electron chi connectivity index (χ1n) is 7.87. The molecule has 120 valence electrons. The van der Waals surface area contributed by atoms with E-state index < -0.39 is 0 Å². The molecule has 1 aromatic heterocycles. The number of nitrogens with one attached hydrogen (secondary N) is 1. The second-order valence-corrected chi connectivity index (χ2v) is 6.78. The third-order valence-electron chi connectivity index (χ3n) is 4.05. The van der Waals surface area contributed by atoms with Crippen LogP contribution in [-0.4, -0.2) is 18.4 Å². The Bertz CT molecular complexity index is 710. The number of carbonyl (C=O) groups excluding carboxylic acids is 2. The first-order chi connectivity index (χ1) is 11.1. The molecule has 0 radical (unpaired) electrons.